The van der Waals surface area contributed by atoms with Crippen molar-refractivity contribution in [1.82, 2.24) is 15.1 Å². The minimum atomic E-state index is -0.266. The van der Waals surface area contributed by atoms with Crippen LogP contribution in [0.15, 0.2) is 0 Å². The van der Waals surface area contributed by atoms with Crippen LogP contribution in [0.1, 0.15) is 26.2 Å². The van der Waals surface area contributed by atoms with Gasteiger partial charge in [0.25, 0.3) is 0 Å². The Morgan fingerprint density at radius 1 is 1.30 bits per heavy atom. The van der Waals surface area contributed by atoms with E-state index in [4.69, 9.17) is 4.74 Å². The minimum absolute atomic E-state index is 0.0278. The zero-order valence-corrected chi connectivity index (χ0v) is 12.9. The van der Waals surface area contributed by atoms with E-state index in [1.165, 1.54) is 0 Å². The quantitative estimate of drug-likeness (QED) is 0.737. The van der Waals surface area contributed by atoms with Crippen LogP contribution in [0.4, 0.5) is 4.79 Å². The number of nitrogens with one attached hydrogen (secondary N) is 1. The average molecular weight is 285 g/mol. The molecule has 1 rings (SSSR count). The van der Waals surface area contributed by atoms with E-state index in [0.717, 1.165) is 32.4 Å². The van der Waals surface area contributed by atoms with Gasteiger partial charge in [-0.2, -0.15) is 0 Å². The lowest BCUT2D eigenvalue weighted by Crippen LogP contribution is -2.43. The second-order valence-electron chi connectivity index (χ2n) is 5.41. The first kappa shape index (κ1) is 16.8. The van der Waals surface area contributed by atoms with Crippen LogP contribution >= 0.6 is 0 Å². The Morgan fingerprint density at radius 2 is 1.95 bits per heavy atom. The van der Waals surface area contributed by atoms with Crippen LogP contribution in [0.25, 0.3) is 0 Å². The Bertz CT molecular complexity index is 313. The zero-order chi connectivity index (χ0) is 15.0. The highest BCUT2D eigenvalue weighted by Gasteiger charge is 2.27. The van der Waals surface area contributed by atoms with Crippen LogP contribution in [0.2, 0.25) is 0 Å². The van der Waals surface area contributed by atoms with Gasteiger partial charge in [0.15, 0.2) is 0 Å². The third-order valence-corrected chi connectivity index (χ3v) is 3.47. The number of rotatable bonds is 6. The van der Waals surface area contributed by atoms with E-state index in [-0.39, 0.29) is 17.9 Å². The van der Waals surface area contributed by atoms with Crippen molar-refractivity contribution in [2.75, 3.05) is 46.9 Å². The number of carbonyl (C=O) groups excluding carboxylic acids is 2. The molecule has 116 valence electrons. The molecule has 0 spiro atoms. The van der Waals surface area contributed by atoms with Crippen LogP contribution < -0.4 is 5.32 Å². The van der Waals surface area contributed by atoms with Gasteiger partial charge < -0.3 is 19.9 Å². The molecular formula is C14H27N3O3. The largest absolute Gasteiger partial charge is 0.450 e. The number of amides is 2. The molecule has 1 heterocycles. The molecule has 0 aliphatic carbocycles. The molecule has 1 fully saturated rings. The highest BCUT2D eigenvalue weighted by Crippen LogP contribution is 2.17. The molecule has 0 aromatic heterocycles. The fourth-order valence-electron chi connectivity index (χ4n) is 2.29. The summed E-state index contributed by atoms with van der Waals surface area (Å²) in [7, 11) is 4.04. The summed E-state index contributed by atoms with van der Waals surface area (Å²) in [4.78, 5) is 27.3. The molecule has 20 heavy (non-hydrogen) atoms. The standard InChI is InChI=1S/C14H27N3O3/c1-4-20-14(19)17-10-6-12(7-11-17)13(18)15-8-5-9-16(2)3/h12H,4-11H2,1-3H3,(H,15,18). The summed E-state index contributed by atoms with van der Waals surface area (Å²) in [5, 5.41) is 2.98. The predicted octanol–water partition coefficient (Wildman–Crippen LogP) is 0.923. The van der Waals surface area contributed by atoms with Gasteiger partial charge >= 0.3 is 6.09 Å². The van der Waals surface area contributed by atoms with Crippen molar-refractivity contribution in [2.24, 2.45) is 5.92 Å². The van der Waals surface area contributed by atoms with Crippen molar-refractivity contribution >= 4 is 12.0 Å². The molecule has 1 aliphatic rings. The molecule has 0 aromatic rings. The molecular weight excluding hydrogens is 258 g/mol. The second-order valence-corrected chi connectivity index (χ2v) is 5.41. The summed E-state index contributed by atoms with van der Waals surface area (Å²) < 4.78 is 4.96. The average Bonchev–Trinajstić information content (AvgIpc) is 2.43. The van der Waals surface area contributed by atoms with Gasteiger partial charge in [-0.3, -0.25) is 4.79 Å². The van der Waals surface area contributed by atoms with E-state index >= 15 is 0 Å². The lowest BCUT2D eigenvalue weighted by atomic mass is 9.96. The molecule has 0 radical (unpaired) electrons. The number of carbonyl (C=O) groups is 2. The van der Waals surface area contributed by atoms with E-state index < -0.39 is 0 Å². The fourth-order valence-corrected chi connectivity index (χ4v) is 2.29. The van der Waals surface area contributed by atoms with Crippen molar-refractivity contribution in [3.63, 3.8) is 0 Å². The molecule has 1 aliphatic heterocycles. The van der Waals surface area contributed by atoms with E-state index in [9.17, 15) is 9.59 Å². The third kappa shape index (κ3) is 5.77. The van der Waals surface area contributed by atoms with Gasteiger partial charge in [-0.15, -0.1) is 0 Å². The van der Waals surface area contributed by atoms with Gasteiger partial charge in [0.2, 0.25) is 5.91 Å². The monoisotopic (exact) mass is 285 g/mol. The maximum Gasteiger partial charge on any atom is 0.409 e. The van der Waals surface area contributed by atoms with Crippen LogP contribution in [0, 0.1) is 5.92 Å². The highest BCUT2D eigenvalue weighted by atomic mass is 16.6. The van der Waals surface area contributed by atoms with Crippen molar-refractivity contribution in [2.45, 2.75) is 26.2 Å². The maximum atomic E-state index is 12.0. The van der Waals surface area contributed by atoms with Crippen molar-refractivity contribution in [3.8, 4) is 0 Å². The number of hydrogen-bond donors (Lipinski definition) is 1. The summed E-state index contributed by atoms with van der Waals surface area (Å²) >= 11 is 0. The minimum Gasteiger partial charge on any atom is -0.450 e. The predicted molar refractivity (Wildman–Crippen MR) is 77.5 cm³/mol. The SMILES string of the molecule is CCOC(=O)N1CCC(C(=O)NCCCN(C)C)CC1. The van der Waals surface area contributed by atoms with Gasteiger partial charge in [-0.1, -0.05) is 0 Å². The van der Waals surface area contributed by atoms with Crippen LogP contribution in [0.5, 0.6) is 0 Å². The van der Waals surface area contributed by atoms with Crippen molar-refractivity contribution in [3.05, 3.63) is 0 Å². The Labute approximate surface area is 121 Å². The second kappa shape index (κ2) is 8.79. The smallest absolute Gasteiger partial charge is 0.409 e. The first-order chi connectivity index (χ1) is 9.54. The van der Waals surface area contributed by atoms with E-state index in [0.29, 0.717) is 19.7 Å². The summed E-state index contributed by atoms with van der Waals surface area (Å²) in [6, 6.07) is 0. The molecule has 0 saturated carbocycles. The third-order valence-electron chi connectivity index (χ3n) is 3.47. The van der Waals surface area contributed by atoms with Gasteiger partial charge in [0.05, 0.1) is 6.61 Å². The summed E-state index contributed by atoms with van der Waals surface area (Å²) in [5.74, 6) is 0.146. The molecule has 6 nitrogen and oxygen atoms in total. The highest BCUT2D eigenvalue weighted by molar-refractivity contribution is 5.79. The Morgan fingerprint density at radius 3 is 2.50 bits per heavy atom. The summed E-state index contributed by atoms with van der Waals surface area (Å²) in [6.45, 7) is 5.09. The Hall–Kier alpha value is -1.30. The van der Waals surface area contributed by atoms with Gasteiger partial charge in [0, 0.05) is 25.6 Å². The number of piperidine rings is 1. The number of hydrogen-bond acceptors (Lipinski definition) is 4. The molecule has 1 N–H and O–H groups in total. The lowest BCUT2D eigenvalue weighted by molar-refractivity contribution is -0.126. The zero-order valence-electron chi connectivity index (χ0n) is 12.9. The van der Waals surface area contributed by atoms with E-state index in [2.05, 4.69) is 10.2 Å². The van der Waals surface area contributed by atoms with Gasteiger partial charge in [-0.05, 0) is 46.8 Å². The summed E-state index contributed by atoms with van der Waals surface area (Å²) in [6.07, 6.45) is 2.13. The summed E-state index contributed by atoms with van der Waals surface area (Å²) in [5.41, 5.74) is 0. The van der Waals surface area contributed by atoms with Gasteiger partial charge in [0.1, 0.15) is 0 Å². The molecule has 0 aromatic carbocycles. The van der Waals surface area contributed by atoms with Crippen LogP contribution in [0.3, 0.4) is 0 Å². The first-order valence-electron chi connectivity index (χ1n) is 7.38. The molecule has 6 heteroatoms. The van der Waals surface area contributed by atoms with Crippen molar-refractivity contribution < 1.29 is 14.3 Å². The maximum absolute atomic E-state index is 12.0. The lowest BCUT2D eigenvalue weighted by Gasteiger charge is -2.30. The number of nitrogens with zero attached hydrogens (tertiary/aromatic N) is 2. The first-order valence-corrected chi connectivity index (χ1v) is 7.38. The molecule has 1 saturated heterocycles. The fraction of sp³-hybridized carbons (Fsp3) is 0.857. The van der Waals surface area contributed by atoms with E-state index in [1.54, 1.807) is 11.8 Å². The molecule has 0 unspecified atom stereocenters. The molecule has 2 amide bonds. The molecule has 0 bridgehead atoms. The van der Waals surface area contributed by atoms with Gasteiger partial charge in [-0.25, -0.2) is 4.79 Å². The topological polar surface area (TPSA) is 61.9 Å². The Kier molecular flexibility index (Phi) is 7.36. The molecule has 0 atom stereocenters. The Balaban J connectivity index is 2.20. The normalized spacial score (nSPS) is 16.3. The van der Waals surface area contributed by atoms with Crippen LogP contribution in [-0.4, -0.2) is 68.7 Å². The van der Waals surface area contributed by atoms with E-state index in [1.807, 2.05) is 14.1 Å². The van der Waals surface area contributed by atoms with Crippen molar-refractivity contribution in [1.29, 1.82) is 0 Å². The number of ether oxygens (including phenoxy) is 1. The number of likely N-dealkylation sites (tertiary alicyclic amines) is 1. The van der Waals surface area contributed by atoms with Crippen LogP contribution in [-0.2, 0) is 9.53 Å².